The van der Waals surface area contributed by atoms with Gasteiger partial charge in [0.2, 0.25) is 0 Å². The molecule has 0 aliphatic carbocycles. The first kappa shape index (κ1) is 14.5. The van der Waals surface area contributed by atoms with Crippen molar-refractivity contribution in [3.63, 3.8) is 0 Å². The standard InChI is InChI=1S/C17H23NO3/c1-2-13-3-5-14(6-4-13)16(19)18-9-7-15(8-10-18)17-20-11-12-21-17/h3-6,15,17H,2,7-12H2,1H3. The lowest BCUT2D eigenvalue weighted by Gasteiger charge is -2.33. The number of aryl methyl sites for hydroxylation is 1. The molecular formula is C17H23NO3. The van der Waals surface area contributed by atoms with E-state index in [1.165, 1.54) is 5.56 Å². The Morgan fingerprint density at radius 1 is 1.14 bits per heavy atom. The Balaban J connectivity index is 1.56. The van der Waals surface area contributed by atoms with Gasteiger partial charge in [0.15, 0.2) is 6.29 Å². The zero-order valence-corrected chi connectivity index (χ0v) is 12.6. The molecule has 0 bridgehead atoms. The van der Waals surface area contributed by atoms with Crippen LogP contribution in [0.4, 0.5) is 0 Å². The van der Waals surface area contributed by atoms with Crippen molar-refractivity contribution in [2.24, 2.45) is 5.92 Å². The number of piperidine rings is 1. The van der Waals surface area contributed by atoms with Crippen molar-refractivity contribution >= 4 is 5.91 Å². The van der Waals surface area contributed by atoms with E-state index in [1.54, 1.807) is 0 Å². The average molecular weight is 289 g/mol. The number of hydrogen-bond acceptors (Lipinski definition) is 3. The van der Waals surface area contributed by atoms with Crippen molar-refractivity contribution in [1.29, 1.82) is 0 Å². The van der Waals surface area contributed by atoms with Crippen LogP contribution >= 0.6 is 0 Å². The largest absolute Gasteiger partial charge is 0.350 e. The molecule has 4 heteroatoms. The fourth-order valence-electron chi connectivity index (χ4n) is 3.09. The van der Waals surface area contributed by atoms with Gasteiger partial charge in [0.25, 0.3) is 5.91 Å². The first-order valence-electron chi connectivity index (χ1n) is 7.89. The molecule has 0 spiro atoms. The van der Waals surface area contributed by atoms with Gasteiger partial charge >= 0.3 is 0 Å². The fourth-order valence-corrected chi connectivity index (χ4v) is 3.09. The first-order chi connectivity index (χ1) is 10.3. The Bertz CT molecular complexity index is 471. The van der Waals surface area contributed by atoms with Crippen LogP contribution in [-0.2, 0) is 15.9 Å². The van der Waals surface area contributed by atoms with E-state index in [0.717, 1.165) is 37.9 Å². The van der Waals surface area contributed by atoms with Crippen LogP contribution in [0.25, 0.3) is 0 Å². The van der Waals surface area contributed by atoms with Crippen molar-refractivity contribution < 1.29 is 14.3 Å². The van der Waals surface area contributed by atoms with Crippen molar-refractivity contribution in [3.05, 3.63) is 35.4 Å². The molecular weight excluding hydrogens is 266 g/mol. The van der Waals surface area contributed by atoms with Gasteiger partial charge in [0.1, 0.15) is 0 Å². The summed E-state index contributed by atoms with van der Waals surface area (Å²) in [7, 11) is 0. The maximum Gasteiger partial charge on any atom is 0.253 e. The van der Waals surface area contributed by atoms with Gasteiger partial charge in [-0.2, -0.15) is 0 Å². The lowest BCUT2D eigenvalue weighted by molar-refractivity contribution is -0.0956. The number of ether oxygens (including phenoxy) is 2. The molecule has 2 saturated heterocycles. The molecule has 2 fully saturated rings. The molecule has 3 rings (SSSR count). The van der Waals surface area contributed by atoms with Gasteiger partial charge in [-0.1, -0.05) is 19.1 Å². The van der Waals surface area contributed by atoms with Crippen molar-refractivity contribution in [2.45, 2.75) is 32.5 Å². The highest BCUT2D eigenvalue weighted by Gasteiger charge is 2.31. The summed E-state index contributed by atoms with van der Waals surface area (Å²) in [5.74, 6) is 0.573. The predicted octanol–water partition coefficient (Wildman–Crippen LogP) is 2.47. The maximum absolute atomic E-state index is 12.5. The van der Waals surface area contributed by atoms with Gasteiger partial charge in [0.05, 0.1) is 13.2 Å². The summed E-state index contributed by atoms with van der Waals surface area (Å²) >= 11 is 0. The SMILES string of the molecule is CCc1ccc(C(=O)N2CCC(C3OCCO3)CC2)cc1. The molecule has 21 heavy (non-hydrogen) atoms. The molecule has 114 valence electrons. The fraction of sp³-hybridized carbons (Fsp3) is 0.588. The Kier molecular flexibility index (Phi) is 4.56. The molecule has 0 saturated carbocycles. The molecule has 2 aliphatic heterocycles. The molecule has 4 nitrogen and oxygen atoms in total. The smallest absolute Gasteiger partial charge is 0.253 e. The predicted molar refractivity (Wildman–Crippen MR) is 80.1 cm³/mol. The van der Waals surface area contributed by atoms with Gasteiger partial charge in [-0.15, -0.1) is 0 Å². The number of rotatable bonds is 3. The maximum atomic E-state index is 12.5. The number of nitrogens with zero attached hydrogens (tertiary/aromatic N) is 1. The summed E-state index contributed by atoms with van der Waals surface area (Å²) in [6.45, 7) is 5.11. The molecule has 1 aromatic rings. The van der Waals surface area contributed by atoms with Gasteiger partial charge in [-0.25, -0.2) is 0 Å². The lowest BCUT2D eigenvalue weighted by atomic mass is 9.95. The molecule has 0 radical (unpaired) electrons. The van der Waals surface area contributed by atoms with Gasteiger partial charge < -0.3 is 14.4 Å². The van der Waals surface area contributed by atoms with Crippen molar-refractivity contribution in [1.82, 2.24) is 4.90 Å². The highest BCUT2D eigenvalue weighted by molar-refractivity contribution is 5.94. The van der Waals surface area contributed by atoms with Crippen LogP contribution in [0.15, 0.2) is 24.3 Å². The second kappa shape index (κ2) is 6.58. The van der Waals surface area contributed by atoms with Crippen molar-refractivity contribution in [2.75, 3.05) is 26.3 Å². The van der Waals surface area contributed by atoms with Crippen LogP contribution in [-0.4, -0.2) is 43.4 Å². The summed E-state index contributed by atoms with van der Waals surface area (Å²) in [5.41, 5.74) is 2.06. The number of hydrogen-bond donors (Lipinski definition) is 0. The van der Waals surface area contributed by atoms with Gasteiger partial charge in [-0.3, -0.25) is 4.79 Å². The molecule has 0 N–H and O–H groups in total. The third-order valence-corrected chi connectivity index (χ3v) is 4.47. The minimum Gasteiger partial charge on any atom is -0.350 e. The third-order valence-electron chi connectivity index (χ3n) is 4.47. The zero-order valence-electron chi connectivity index (χ0n) is 12.6. The van der Waals surface area contributed by atoms with Gasteiger partial charge in [-0.05, 0) is 37.0 Å². The number of benzene rings is 1. The molecule has 0 atom stereocenters. The Morgan fingerprint density at radius 3 is 2.33 bits per heavy atom. The minimum atomic E-state index is -0.0499. The second-order valence-corrected chi connectivity index (χ2v) is 5.79. The summed E-state index contributed by atoms with van der Waals surface area (Å²) in [4.78, 5) is 14.4. The van der Waals surface area contributed by atoms with Crippen molar-refractivity contribution in [3.8, 4) is 0 Å². The quantitative estimate of drug-likeness (QED) is 0.858. The highest BCUT2D eigenvalue weighted by Crippen LogP contribution is 2.26. The monoisotopic (exact) mass is 289 g/mol. The Hall–Kier alpha value is -1.39. The topological polar surface area (TPSA) is 38.8 Å². The van der Waals surface area contributed by atoms with Gasteiger partial charge in [0, 0.05) is 24.6 Å². The molecule has 1 aromatic carbocycles. The van der Waals surface area contributed by atoms with E-state index in [2.05, 4.69) is 6.92 Å². The molecule has 2 heterocycles. The van der Waals surface area contributed by atoms with E-state index in [4.69, 9.17) is 9.47 Å². The molecule has 0 unspecified atom stereocenters. The lowest BCUT2D eigenvalue weighted by Crippen LogP contribution is -2.41. The van der Waals surface area contributed by atoms with Crippen LogP contribution in [0.3, 0.4) is 0 Å². The number of carbonyl (C=O) groups is 1. The van der Waals surface area contributed by atoms with E-state index in [0.29, 0.717) is 19.1 Å². The number of carbonyl (C=O) groups excluding carboxylic acids is 1. The van der Waals surface area contributed by atoms with Crippen LogP contribution in [0.1, 0.15) is 35.7 Å². The van der Waals surface area contributed by atoms with Crippen LogP contribution < -0.4 is 0 Å². The third kappa shape index (κ3) is 3.27. The summed E-state index contributed by atoms with van der Waals surface area (Å²) in [6.07, 6.45) is 2.87. The number of amides is 1. The van der Waals surface area contributed by atoms with Crippen LogP contribution in [0.2, 0.25) is 0 Å². The average Bonchev–Trinajstić information content (AvgIpc) is 3.09. The van der Waals surface area contributed by atoms with E-state index in [9.17, 15) is 4.79 Å². The summed E-state index contributed by atoms with van der Waals surface area (Å²) < 4.78 is 11.1. The Morgan fingerprint density at radius 2 is 1.76 bits per heavy atom. The molecule has 1 amide bonds. The van der Waals surface area contributed by atoms with Crippen LogP contribution in [0, 0.1) is 5.92 Å². The normalized spacial score (nSPS) is 20.9. The first-order valence-corrected chi connectivity index (χ1v) is 7.89. The highest BCUT2D eigenvalue weighted by atomic mass is 16.7. The van der Waals surface area contributed by atoms with E-state index >= 15 is 0 Å². The zero-order chi connectivity index (χ0) is 14.7. The molecule has 2 aliphatic rings. The number of likely N-dealkylation sites (tertiary alicyclic amines) is 1. The second-order valence-electron chi connectivity index (χ2n) is 5.79. The van der Waals surface area contributed by atoms with E-state index in [1.807, 2.05) is 29.2 Å². The Labute approximate surface area is 126 Å². The minimum absolute atomic E-state index is 0.0499. The summed E-state index contributed by atoms with van der Waals surface area (Å²) in [6, 6.07) is 7.97. The van der Waals surface area contributed by atoms with E-state index in [-0.39, 0.29) is 12.2 Å². The van der Waals surface area contributed by atoms with E-state index < -0.39 is 0 Å². The molecule has 0 aromatic heterocycles. The summed E-state index contributed by atoms with van der Waals surface area (Å²) in [5, 5.41) is 0. The van der Waals surface area contributed by atoms with Crippen LogP contribution in [0.5, 0.6) is 0 Å².